The van der Waals surface area contributed by atoms with E-state index in [0.717, 1.165) is 17.1 Å². The van der Waals surface area contributed by atoms with Gasteiger partial charge in [0, 0.05) is 32.5 Å². The fraction of sp³-hybridized carbons (Fsp3) is 0.438. The van der Waals surface area contributed by atoms with Gasteiger partial charge in [-0.15, -0.1) is 0 Å². The van der Waals surface area contributed by atoms with Crippen LogP contribution in [0.4, 0.5) is 4.79 Å². The maximum Gasteiger partial charge on any atom is 0.317 e. The van der Waals surface area contributed by atoms with Crippen LogP contribution in [0.15, 0.2) is 35.0 Å². The number of carbonyl (C=O) groups excluding carboxylic acids is 1. The van der Waals surface area contributed by atoms with Gasteiger partial charge in [0.05, 0.1) is 13.2 Å². The lowest BCUT2D eigenvalue weighted by atomic mass is 10.2. The van der Waals surface area contributed by atoms with Crippen LogP contribution in [0, 0.1) is 6.92 Å². The quantitative estimate of drug-likeness (QED) is 0.945. The lowest BCUT2D eigenvalue weighted by molar-refractivity contribution is -0.0263. The van der Waals surface area contributed by atoms with Crippen molar-refractivity contribution in [2.75, 3.05) is 19.7 Å². The Labute approximate surface area is 129 Å². The molecule has 2 aromatic rings. The molecule has 1 aliphatic rings. The second kappa shape index (κ2) is 6.27. The van der Waals surface area contributed by atoms with Crippen molar-refractivity contribution in [1.29, 1.82) is 0 Å². The molecule has 0 aliphatic carbocycles. The third-order valence-corrected chi connectivity index (χ3v) is 3.77. The van der Waals surface area contributed by atoms with Gasteiger partial charge >= 0.3 is 6.03 Å². The number of aryl methyl sites for hydroxylation is 2. The molecule has 3 rings (SSSR count). The number of morpholine rings is 1. The minimum absolute atomic E-state index is 0.0690. The van der Waals surface area contributed by atoms with Gasteiger partial charge in [0.2, 0.25) is 0 Å². The van der Waals surface area contributed by atoms with E-state index in [0.29, 0.717) is 26.2 Å². The van der Waals surface area contributed by atoms with Gasteiger partial charge in [-0.3, -0.25) is 0 Å². The van der Waals surface area contributed by atoms with Crippen molar-refractivity contribution in [3.8, 4) is 0 Å². The average molecular weight is 303 g/mol. The van der Waals surface area contributed by atoms with Crippen LogP contribution in [0.2, 0.25) is 0 Å². The Bertz CT molecular complexity index is 647. The zero-order valence-corrected chi connectivity index (χ0v) is 12.9. The first kappa shape index (κ1) is 14.7. The molecule has 0 aromatic carbocycles. The van der Waals surface area contributed by atoms with Crippen LogP contribution < -0.4 is 5.32 Å². The average Bonchev–Trinajstić information content (AvgIpc) is 3.13. The molecule has 0 saturated carbocycles. The molecule has 0 spiro atoms. The Morgan fingerprint density at radius 2 is 2.27 bits per heavy atom. The SMILES string of the molecule is Cc1ccc([C@H]2CN(C(=O)NCc3ccn(C)c3)CCO2)o1. The molecule has 118 valence electrons. The molecule has 2 amide bonds. The molecule has 0 bridgehead atoms. The number of rotatable bonds is 3. The normalized spacial score (nSPS) is 18.5. The summed E-state index contributed by atoms with van der Waals surface area (Å²) < 4.78 is 13.3. The predicted octanol–water partition coefficient (Wildman–Crippen LogP) is 2.21. The number of urea groups is 1. The van der Waals surface area contributed by atoms with E-state index in [9.17, 15) is 4.79 Å². The van der Waals surface area contributed by atoms with Crippen LogP contribution in [-0.4, -0.2) is 35.2 Å². The minimum Gasteiger partial charge on any atom is -0.464 e. The number of ether oxygens (including phenoxy) is 1. The van der Waals surface area contributed by atoms with E-state index in [1.807, 2.05) is 49.1 Å². The highest BCUT2D eigenvalue weighted by molar-refractivity contribution is 5.74. The number of nitrogens with one attached hydrogen (secondary N) is 1. The van der Waals surface area contributed by atoms with Gasteiger partial charge in [0.1, 0.15) is 17.6 Å². The zero-order chi connectivity index (χ0) is 15.5. The van der Waals surface area contributed by atoms with Gasteiger partial charge in [-0.2, -0.15) is 0 Å². The van der Waals surface area contributed by atoms with E-state index in [1.54, 1.807) is 4.90 Å². The first-order chi connectivity index (χ1) is 10.6. The van der Waals surface area contributed by atoms with E-state index in [4.69, 9.17) is 9.15 Å². The van der Waals surface area contributed by atoms with E-state index in [2.05, 4.69) is 5.32 Å². The molecule has 1 atom stereocenters. The van der Waals surface area contributed by atoms with Gasteiger partial charge < -0.3 is 23.9 Å². The summed E-state index contributed by atoms with van der Waals surface area (Å²) in [5.41, 5.74) is 1.09. The third-order valence-electron chi connectivity index (χ3n) is 3.77. The van der Waals surface area contributed by atoms with Crippen molar-refractivity contribution in [3.63, 3.8) is 0 Å². The number of aromatic nitrogens is 1. The standard InChI is InChI=1S/C16H21N3O3/c1-12-3-4-14(22-12)15-11-19(7-8-21-15)16(20)17-9-13-5-6-18(2)10-13/h3-6,10,15H,7-9,11H2,1-2H3,(H,17,20)/t15-/m1/s1. The van der Waals surface area contributed by atoms with Crippen molar-refractivity contribution in [2.45, 2.75) is 19.6 Å². The van der Waals surface area contributed by atoms with E-state index >= 15 is 0 Å². The van der Waals surface area contributed by atoms with Crippen LogP contribution in [0.3, 0.4) is 0 Å². The summed E-state index contributed by atoms with van der Waals surface area (Å²) in [5, 5.41) is 2.95. The maximum atomic E-state index is 12.3. The van der Waals surface area contributed by atoms with Gasteiger partial charge in [0.25, 0.3) is 0 Å². The topological polar surface area (TPSA) is 59.6 Å². The Balaban J connectivity index is 1.55. The molecule has 1 saturated heterocycles. The molecule has 3 heterocycles. The van der Waals surface area contributed by atoms with E-state index in [1.165, 1.54) is 0 Å². The van der Waals surface area contributed by atoms with Gasteiger partial charge in [-0.05, 0) is 30.7 Å². The second-order valence-corrected chi connectivity index (χ2v) is 5.60. The third kappa shape index (κ3) is 3.33. The summed E-state index contributed by atoms with van der Waals surface area (Å²) in [4.78, 5) is 14.1. The number of hydrogen-bond acceptors (Lipinski definition) is 3. The minimum atomic E-state index is -0.190. The molecular formula is C16H21N3O3. The molecule has 0 radical (unpaired) electrons. The summed E-state index contributed by atoms with van der Waals surface area (Å²) in [6.07, 6.45) is 3.77. The number of amides is 2. The number of nitrogens with zero attached hydrogens (tertiary/aromatic N) is 2. The highest BCUT2D eigenvalue weighted by Crippen LogP contribution is 2.24. The summed E-state index contributed by atoms with van der Waals surface area (Å²) in [6.45, 7) is 4.05. The lowest BCUT2D eigenvalue weighted by Gasteiger charge is -2.32. The van der Waals surface area contributed by atoms with Crippen LogP contribution in [0.5, 0.6) is 0 Å². The monoisotopic (exact) mass is 303 g/mol. The molecule has 6 nitrogen and oxygen atoms in total. The van der Waals surface area contributed by atoms with Gasteiger partial charge in [-0.25, -0.2) is 4.79 Å². The molecule has 6 heteroatoms. The Morgan fingerprint density at radius 1 is 1.41 bits per heavy atom. The zero-order valence-electron chi connectivity index (χ0n) is 12.9. The Kier molecular flexibility index (Phi) is 4.20. The lowest BCUT2D eigenvalue weighted by Crippen LogP contribution is -2.46. The first-order valence-corrected chi connectivity index (χ1v) is 7.43. The van der Waals surface area contributed by atoms with Crippen LogP contribution >= 0.6 is 0 Å². The summed E-state index contributed by atoms with van der Waals surface area (Å²) in [5.74, 6) is 1.63. The van der Waals surface area contributed by atoms with E-state index in [-0.39, 0.29) is 12.1 Å². The maximum absolute atomic E-state index is 12.3. The molecule has 22 heavy (non-hydrogen) atoms. The van der Waals surface area contributed by atoms with Crippen LogP contribution in [-0.2, 0) is 18.3 Å². The van der Waals surface area contributed by atoms with Gasteiger partial charge in [-0.1, -0.05) is 0 Å². The summed E-state index contributed by atoms with van der Waals surface area (Å²) in [6, 6.07) is 5.74. The predicted molar refractivity (Wildman–Crippen MR) is 81.4 cm³/mol. The summed E-state index contributed by atoms with van der Waals surface area (Å²) >= 11 is 0. The molecule has 1 N–H and O–H groups in total. The van der Waals surface area contributed by atoms with E-state index < -0.39 is 0 Å². The van der Waals surface area contributed by atoms with Crippen molar-refractivity contribution >= 4 is 6.03 Å². The van der Waals surface area contributed by atoms with Crippen molar-refractivity contribution < 1.29 is 13.9 Å². The Hall–Kier alpha value is -2.21. The fourth-order valence-corrected chi connectivity index (χ4v) is 2.59. The summed E-state index contributed by atoms with van der Waals surface area (Å²) in [7, 11) is 1.96. The first-order valence-electron chi connectivity index (χ1n) is 7.43. The van der Waals surface area contributed by atoms with Crippen LogP contribution in [0.25, 0.3) is 0 Å². The highest BCUT2D eigenvalue weighted by Gasteiger charge is 2.27. The highest BCUT2D eigenvalue weighted by atomic mass is 16.5. The van der Waals surface area contributed by atoms with Crippen molar-refractivity contribution in [3.05, 3.63) is 47.7 Å². The smallest absolute Gasteiger partial charge is 0.317 e. The fourth-order valence-electron chi connectivity index (χ4n) is 2.59. The number of furan rings is 1. The Morgan fingerprint density at radius 3 is 2.95 bits per heavy atom. The second-order valence-electron chi connectivity index (χ2n) is 5.60. The van der Waals surface area contributed by atoms with Crippen molar-refractivity contribution in [1.82, 2.24) is 14.8 Å². The molecule has 1 fully saturated rings. The number of carbonyl (C=O) groups is 1. The van der Waals surface area contributed by atoms with Gasteiger partial charge in [0.15, 0.2) is 0 Å². The molecule has 1 aliphatic heterocycles. The van der Waals surface area contributed by atoms with Crippen molar-refractivity contribution in [2.24, 2.45) is 7.05 Å². The molecule has 0 unspecified atom stereocenters. The van der Waals surface area contributed by atoms with Crippen LogP contribution in [0.1, 0.15) is 23.2 Å². The molecule has 2 aromatic heterocycles. The largest absolute Gasteiger partial charge is 0.464 e. The molecular weight excluding hydrogens is 282 g/mol. The number of hydrogen-bond donors (Lipinski definition) is 1.